The minimum atomic E-state index is -0.563. The van der Waals surface area contributed by atoms with Gasteiger partial charge in [0.2, 0.25) is 0 Å². The average molecular weight is 309 g/mol. The topological polar surface area (TPSA) is 26.3 Å². The van der Waals surface area contributed by atoms with Gasteiger partial charge in [-0.15, -0.1) is 22.9 Å². The van der Waals surface area contributed by atoms with Crippen LogP contribution in [0.15, 0.2) is 41.8 Å². The number of alkyl halides is 1. The molecule has 0 spiro atoms. The van der Waals surface area contributed by atoms with Crippen molar-refractivity contribution in [1.82, 2.24) is 0 Å². The highest BCUT2D eigenvalue weighted by Crippen LogP contribution is 2.25. The van der Waals surface area contributed by atoms with Gasteiger partial charge in [0.15, 0.2) is 0 Å². The molecule has 0 bridgehead atoms. The van der Waals surface area contributed by atoms with Crippen LogP contribution in [-0.4, -0.2) is 18.0 Å². The van der Waals surface area contributed by atoms with Crippen molar-refractivity contribution in [2.45, 2.75) is 25.1 Å². The van der Waals surface area contributed by atoms with E-state index in [9.17, 15) is 4.79 Å². The van der Waals surface area contributed by atoms with E-state index in [1.807, 2.05) is 6.07 Å². The summed E-state index contributed by atoms with van der Waals surface area (Å²) in [7, 11) is 0. The summed E-state index contributed by atoms with van der Waals surface area (Å²) in [4.78, 5) is 12.7. The van der Waals surface area contributed by atoms with Crippen molar-refractivity contribution in [1.29, 1.82) is 0 Å². The van der Waals surface area contributed by atoms with Gasteiger partial charge >= 0.3 is 5.97 Å². The Labute approximate surface area is 128 Å². The van der Waals surface area contributed by atoms with E-state index in [-0.39, 0.29) is 5.97 Å². The maximum atomic E-state index is 11.4. The zero-order valence-electron chi connectivity index (χ0n) is 11.3. The molecular formula is C16H17ClO2S. The summed E-state index contributed by atoms with van der Waals surface area (Å²) >= 11 is 7.73. The molecule has 4 heteroatoms. The molecule has 0 saturated heterocycles. The van der Waals surface area contributed by atoms with Gasteiger partial charge in [0, 0.05) is 4.88 Å². The zero-order chi connectivity index (χ0) is 14.4. The molecule has 2 nitrogen and oxygen atoms in total. The summed E-state index contributed by atoms with van der Waals surface area (Å²) in [5.41, 5.74) is 2.40. The number of hydrogen-bond acceptors (Lipinski definition) is 3. The first kappa shape index (κ1) is 15.1. The minimum Gasteiger partial charge on any atom is -0.465 e. The summed E-state index contributed by atoms with van der Waals surface area (Å²) in [5, 5.41) is 1.51. The first-order valence-corrected chi connectivity index (χ1v) is 7.96. The second kappa shape index (κ2) is 7.46. The van der Waals surface area contributed by atoms with E-state index in [1.54, 1.807) is 18.3 Å². The first-order valence-electron chi connectivity index (χ1n) is 6.64. The van der Waals surface area contributed by atoms with Crippen LogP contribution >= 0.6 is 22.9 Å². The van der Waals surface area contributed by atoms with E-state index >= 15 is 0 Å². The average Bonchev–Trinajstić information content (AvgIpc) is 2.99. The lowest BCUT2D eigenvalue weighted by Crippen LogP contribution is -2.18. The van der Waals surface area contributed by atoms with Crippen LogP contribution in [0.5, 0.6) is 0 Å². The lowest BCUT2D eigenvalue weighted by atomic mass is 10.1. The van der Waals surface area contributed by atoms with Gasteiger partial charge in [-0.05, 0) is 42.3 Å². The van der Waals surface area contributed by atoms with Gasteiger partial charge in [0.1, 0.15) is 5.38 Å². The summed E-state index contributed by atoms with van der Waals surface area (Å²) in [6, 6.07) is 12.5. The highest BCUT2D eigenvalue weighted by Gasteiger charge is 2.15. The summed E-state index contributed by atoms with van der Waals surface area (Å²) in [5.74, 6) is -0.329. The number of carbonyl (C=O) groups excluding carboxylic acids is 1. The van der Waals surface area contributed by atoms with Crippen LogP contribution in [0.2, 0.25) is 0 Å². The van der Waals surface area contributed by atoms with Gasteiger partial charge < -0.3 is 4.74 Å². The zero-order valence-corrected chi connectivity index (χ0v) is 12.9. The van der Waals surface area contributed by atoms with E-state index in [2.05, 4.69) is 35.7 Å². The molecule has 1 aromatic carbocycles. The second-order valence-electron chi connectivity index (χ2n) is 4.43. The van der Waals surface area contributed by atoms with Crippen LogP contribution in [-0.2, 0) is 16.0 Å². The lowest BCUT2D eigenvalue weighted by molar-refractivity contribution is -0.142. The molecule has 0 fully saturated rings. The van der Waals surface area contributed by atoms with Crippen LogP contribution in [0.4, 0.5) is 0 Å². The fourth-order valence-corrected chi connectivity index (χ4v) is 2.83. The molecule has 2 rings (SSSR count). The van der Waals surface area contributed by atoms with Gasteiger partial charge in [0.25, 0.3) is 0 Å². The Morgan fingerprint density at radius 2 is 2.05 bits per heavy atom. The highest BCUT2D eigenvalue weighted by molar-refractivity contribution is 7.13. The van der Waals surface area contributed by atoms with Crippen molar-refractivity contribution in [3.63, 3.8) is 0 Å². The van der Waals surface area contributed by atoms with E-state index in [4.69, 9.17) is 16.3 Å². The minimum absolute atomic E-state index is 0.329. The number of esters is 1. The van der Waals surface area contributed by atoms with Crippen molar-refractivity contribution < 1.29 is 9.53 Å². The quantitative estimate of drug-likeness (QED) is 0.579. The number of ether oxygens (including phenoxy) is 1. The molecule has 0 saturated carbocycles. The van der Waals surface area contributed by atoms with Crippen molar-refractivity contribution >= 4 is 28.9 Å². The SMILES string of the molecule is CCOC(=O)C(Cl)CCc1ccc(-c2cccs2)cc1. The van der Waals surface area contributed by atoms with E-state index in [0.717, 1.165) is 6.42 Å². The largest absolute Gasteiger partial charge is 0.465 e. The Morgan fingerprint density at radius 3 is 2.65 bits per heavy atom. The molecule has 2 aromatic rings. The Morgan fingerprint density at radius 1 is 1.30 bits per heavy atom. The molecule has 1 aromatic heterocycles. The molecule has 1 atom stereocenters. The summed E-state index contributed by atoms with van der Waals surface area (Å²) in [6.07, 6.45) is 1.37. The van der Waals surface area contributed by atoms with E-state index < -0.39 is 5.38 Å². The van der Waals surface area contributed by atoms with Crippen LogP contribution in [0, 0.1) is 0 Å². The molecule has 1 heterocycles. The fraction of sp³-hybridized carbons (Fsp3) is 0.312. The molecule has 0 aliphatic rings. The first-order chi connectivity index (χ1) is 9.70. The predicted molar refractivity (Wildman–Crippen MR) is 84.4 cm³/mol. The lowest BCUT2D eigenvalue weighted by Gasteiger charge is -2.08. The second-order valence-corrected chi connectivity index (χ2v) is 5.91. The smallest absolute Gasteiger partial charge is 0.324 e. The van der Waals surface area contributed by atoms with E-state index in [0.29, 0.717) is 13.0 Å². The molecule has 20 heavy (non-hydrogen) atoms. The van der Waals surface area contributed by atoms with Crippen LogP contribution in [0.25, 0.3) is 10.4 Å². The molecule has 106 valence electrons. The monoisotopic (exact) mass is 308 g/mol. The van der Waals surface area contributed by atoms with Gasteiger partial charge in [0.05, 0.1) is 6.61 Å². The summed E-state index contributed by atoms with van der Waals surface area (Å²) < 4.78 is 4.89. The number of halogens is 1. The molecule has 1 unspecified atom stereocenters. The number of benzene rings is 1. The molecule has 0 radical (unpaired) electrons. The maximum Gasteiger partial charge on any atom is 0.324 e. The Hall–Kier alpha value is -1.32. The predicted octanol–water partition coefficient (Wildman–Crippen LogP) is 4.52. The Kier molecular flexibility index (Phi) is 5.62. The number of rotatable bonds is 6. The number of hydrogen-bond donors (Lipinski definition) is 0. The third-order valence-electron chi connectivity index (χ3n) is 2.99. The van der Waals surface area contributed by atoms with E-state index in [1.165, 1.54) is 16.0 Å². The highest BCUT2D eigenvalue weighted by atomic mass is 35.5. The number of aryl methyl sites for hydroxylation is 1. The Balaban J connectivity index is 1.90. The van der Waals surface area contributed by atoms with Crippen molar-refractivity contribution in [2.75, 3.05) is 6.61 Å². The molecular weight excluding hydrogens is 292 g/mol. The fourth-order valence-electron chi connectivity index (χ4n) is 1.92. The normalized spacial score (nSPS) is 12.1. The maximum absolute atomic E-state index is 11.4. The van der Waals surface area contributed by atoms with Crippen LogP contribution < -0.4 is 0 Å². The van der Waals surface area contributed by atoms with Crippen LogP contribution in [0.3, 0.4) is 0 Å². The van der Waals surface area contributed by atoms with Crippen molar-refractivity contribution in [3.05, 3.63) is 47.3 Å². The van der Waals surface area contributed by atoms with Crippen LogP contribution in [0.1, 0.15) is 18.9 Å². The third-order valence-corrected chi connectivity index (χ3v) is 4.30. The number of carbonyl (C=O) groups is 1. The molecule has 0 N–H and O–H groups in total. The third kappa shape index (κ3) is 4.09. The summed E-state index contributed by atoms with van der Waals surface area (Å²) in [6.45, 7) is 2.16. The van der Waals surface area contributed by atoms with Gasteiger partial charge in [-0.2, -0.15) is 0 Å². The molecule has 0 aliphatic carbocycles. The molecule has 0 amide bonds. The Bertz CT molecular complexity index is 534. The van der Waals surface area contributed by atoms with Gasteiger partial charge in [-0.25, -0.2) is 0 Å². The van der Waals surface area contributed by atoms with Crippen molar-refractivity contribution in [2.24, 2.45) is 0 Å². The van der Waals surface area contributed by atoms with Gasteiger partial charge in [-0.1, -0.05) is 30.3 Å². The van der Waals surface area contributed by atoms with Crippen molar-refractivity contribution in [3.8, 4) is 10.4 Å². The molecule has 0 aliphatic heterocycles. The van der Waals surface area contributed by atoms with Gasteiger partial charge in [-0.3, -0.25) is 4.79 Å². The number of thiophene rings is 1. The standard InChI is InChI=1S/C16H17ClO2S/c1-2-19-16(18)14(17)10-7-12-5-8-13(9-6-12)15-4-3-11-20-15/h3-6,8-9,11,14H,2,7,10H2,1H3.